The monoisotopic (exact) mass is 467 g/mol. The zero-order chi connectivity index (χ0) is 23.1. The number of ether oxygens (including phenoxy) is 1. The minimum atomic E-state index is -4.20. The molecule has 12 heteroatoms. The van der Waals surface area contributed by atoms with Crippen LogP contribution in [-0.4, -0.2) is 50.4 Å². The Labute approximate surface area is 182 Å². The van der Waals surface area contributed by atoms with E-state index in [4.69, 9.17) is 9.84 Å². The number of fused-ring (bicyclic) bond motifs is 1. The molecule has 0 radical (unpaired) electrons. The van der Waals surface area contributed by atoms with E-state index in [2.05, 4.69) is 10.6 Å². The highest BCUT2D eigenvalue weighted by molar-refractivity contribution is 7.92. The molecule has 2 aromatic rings. The first-order chi connectivity index (χ1) is 15.1. The number of carboxylic acid groups (broad SMARTS) is 1. The Kier molecular flexibility index (Phi) is 5.41. The van der Waals surface area contributed by atoms with Crippen molar-refractivity contribution < 1.29 is 36.6 Å². The number of carbonyl (C=O) groups excluding carboxylic acids is 1. The molecule has 1 saturated carbocycles. The van der Waals surface area contributed by atoms with Crippen molar-refractivity contribution in [3.8, 4) is 5.75 Å². The standard InChI is InChI=1S/C20H19F2N3O6S/c21-12-1-4-15(5-2-12)32(29,30)25-11-14(10-23-18(26)20(22)7-8-20)31-17-6-3-13(9-16(17)25)24-19(27)28/h1-6,9,14,24H,7-8,10-11H2,(H,23,26)(H,27,28). The van der Waals surface area contributed by atoms with Crippen LogP contribution in [0.4, 0.5) is 25.0 Å². The average Bonchev–Trinajstić information content (AvgIpc) is 3.50. The Morgan fingerprint density at radius 1 is 1.19 bits per heavy atom. The zero-order valence-corrected chi connectivity index (χ0v) is 17.4. The topological polar surface area (TPSA) is 125 Å². The lowest BCUT2D eigenvalue weighted by Gasteiger charge is -2.35. The van der Waals surface area contributed by atoms with E-state index in [9.17, 15) is 26.8 Å². The van der Waals surface area contributed by atoms with Crippen LogP contribution in [0.25, 0.3) is 0 Å². The largest absolute Gasteiger partial charge is 0.484 e. The second-order valence-corrected chi connectivity index (χ2v) is 9.38. The molecule has 1 unspecified atom stereocenters. The number of sulfonamides is 1. The second kappa shape index (κ2) is 7.93. The van der Waals surface area contributed by atoms with E-state index in [0.29, 0.717) is 0 Å². The number of hydrogen-bond donors (Lipinski definition) is 3. The van der Waals surface area contributed by atoms with Gasteiger partial charge in [0.2, 0.25) is 0 Å². The molecular formula is C20H19F2N3O6S. The van der Waals surface area contributed by atoms with Gasteiger partial charge in [-0.2, -0.15) is 0 Å². The van der Waals surface area contributed by atoms with E-state index in [1.165, 1.54) is 18.2 Å². The summed E-state index contributed by atoms with van der Waals surface area (Å²) in [6, 6.07) is 8.29. The molecule has 4 rings (SSSR count). The van der Waals surface area contributed by atoms with Crippen molar-refractivity contribution >= 4 is 33.4 Å². The Bertz CT molecular complexity index is 1170. The molecule has 0 bridgehead atoms. The Hall–Kier alpha value is -3.41. The number of nitrogens with zero attached hydrogens (tertiary/aromatic N) is 1. The predicted octanol–water partition coefficient (Wildman–Crippen LogP) is 2.49. The fourth-order valence-corrected chi connectivity index (χ4v) is 4.78. The van der Waals surface area contributed by atoms with E-state index in [1.807, 2.05) is 0 Å². The first-order valence-electron chi connectivity index (χ1n) is 9.65. The third kappa shape index (κ3) is 4.31. The van der Waals surface area contributed by atoms with Crippen molar-refractivity contribution in [2.45, 2.75) is 29.5 Å². The van der Waals surface area contributed by atoms with Crippen LogP contribution in [0.15, 0.2) is 47.4 Å². The fraction of sp³-hybridized carbons (Fsp3) is 0.300. The van der Waals surface area contributed by atoms with E-state index in [0.717, 1.165) is 28.6 Å². The van der Waals surface area contributed by atoms with Crippen LogP contribution in [0.2, 0.25) is 0 Å². The molecule has 3 N–H and O–H groups in total. The first-order valence-corrected chi connectivity index (χ1v) is 11.1. The number of rotatable bonds is 6. The highest BCUT2D eigenvalue weighted by Gasteiger charge is 2.51. The minimum Gasteiger partial charge on any atom is -0.484 e. The number of benzene rings is 2. The first kappa shape index (κ1) is 21.8. The SMILES string of the molecule is O=C(O)Nc1ccc2c(c1)N(S(=O)(=O)c1ccc(F)cc1)CC(CNC(=O)C1(F)CC1)O2. The van der Waals surface area contributed by atoms with Crippen molar-refractivity contribution in [1.29, 1.82) is 0 Å². The van der Waals surface area contributed by atoms with Crippen LogP contribution in [0.1, 0.15) is 12.8 Å². The van der Waals surface area contributed by atoms with E-state index in [-0.39, 0.29) is 48.0 Å². The Morgan fingerprint density at radius 3 is 2.50 bits per heavy atom. The molecule has 1 heterocycles. The molecule has 2 aliphatic rings. The van der Waals surface area contributed by atoms with E-state index < -0.39 is 39.6 Å². The maximum Gasteiger partial charge on any atom is 0.409 e. The lowest BCUT2D eigenvalue weighted by Crippen LogP contribution is -2.49. The van der Waals surface area contributed by atoms with Crippen molar-refractivity contribution in [1.82, 2.24) is 5.32 Å². The van der Waals surface area contributed by atoms with Crippen molar-refractivity contribution in [3.63, 3.8) is 0 Å². The number of alkyl halides is 1. The highest BCUT2D eigenvalue weighted by Crippen LogP contribution is 2.41. The van der Waals surface area contributed by atoms with Gasteiger partial charge in [-0.05, 0) is 55.3 Å². The molecule has 1 atom stereocenters. The van der Waals surface area contributed by atoms with Gasteiger partial charge in [0, 0.05) is 5.69 Å². The smallest absolute Gasteiger partial charge is 0.409 e. The summed E-state index contributed by atoms with van der Waals surface area (Å²) >= 11 is 0. The molecule has 170 valence electrons. The number of halogens is 2. The minimum absolute atomic E-state index is 0.0623. The zero-order valence-electron chi connectivity index (χ0n) is 16.5. The van der Waals surface area contributed by atoms with Gasteiger partial charge in [-0.3, -0.25) is 14.4 Å². The molecule has 0 spiro atoms. The number of anilines is 2. The number of hydrogen-bond acceptors (Lipinski definition) is 5. The molecule has 9 nitrogen and oxygen atoms in total. The molecule has 1 fully saturated rings. The third-order valence-electron chi connectivity index (χ3n) is 5.13. The van der Waals surface area contributed by atoms with Crippen molar-refractivity contribution in [3.05, 3.63) is 48.3 Å². The normalized spacial score (nSPS) is 18.8. The van der Waals surface area contributed by atoms with Crippen LogP contribution in [0, 0.1) is 5.82 Å². The number of nitrogens with one attached hydrogen (secondary N) is 2. The molecule has 1 aliphatic carbocycles. The third-order valence-corrected chi connectivity index (χ3v) is 6.92. The van der Waals surface area contributed by atoms with Gasteiger partial charge < -0.3 is 15.2 Å². The fourth-order valence-electron chi connectivity index (χ4n) is 3.28. The quantitative estimate of drug-likeness (QED) is 0.600. The van der Waals surface area contributed by atoms with Gasteiger partial charge in [0.1, 0.15) is 17.7 Å². The van der Waals surface area contributed by atoms with Gasteiger partial charge in [0.05, 0.1) is 23.7 Å². The van der Waals surface area contributed by atoms with Gasteiger partial charge >= 0.3 is 6.09 Å². The summed E-state index contributed by atoms with van der Waals surface area (Å²) < 4.78 is 60.6. The lowest BCUT2D eigenvalue weighted by atomic mass is 10.2. The van der Waals surface area contributed by atoms with E-state index >= 15 is 0 Å². The van der Waals surface area contributed by atoms with Crippen LogP contribution in [0.5, 0.6) is 5.75 Å². The summed E-state index contributed by atoms with van der Waals surface area (Å²) in [5.41, 5.74) is -1.71. The Morgan fingerprint density at radius 2 is 1.88 bits per heavy atom. The summed E-state index contributed by atoms with van der Waals surface area (Å²) in [6.45, 7) is -0.392. The molecule has 0 aromatic heterocycles. The molecule has 2 aromatic carbocycles. The van der Waals surface area contributed by atoms with E-state index in [1.54, 1.807) is 0 Å². The van der Waals surface area contributed by atoms with Crippen LogP contribution in [-0.2, 0) is 14.8 Å². The van der Waals surface area contributed by atoms with Crippen molar-refractivity contribution in [2.75, 3.05) is 22.7 Å². The van der Waals surface area contributed by atoms with Crippen LogP contribution < -0.4 is 19.7 Å². The van der Waals surface area contributed by atoms with Crippen LogP contribution >= 0.6 is 0 Å². The Balaban J connectivity index is 1.66. The highest BCUT2D eigenvalue weighted by atomic mass is 32.2. The van der Waals surface area contributed by atoms with Gasteiger partial charge in [-0.25, -0.2) is 22.0 Å². The second-order valence-electron chi connectivity index (χ2n) is 7.52. The van der Waals surface area contributed by atoms with Crippen molar-refractivity contribution in [2.24, 2.45) is 0 Å². The van der Waals surface area contributed by atoms with Crippen LogP contribution in [0.3, 0.4) is 0 Å². The molecule has 0 saturated heterocycles. The molecule has 1 aliphatic heterocycles. The average molecular weight is 467 g/mol. The summed E-state index contributed by atoms with van der Waals surface area (Å²) in [7, 11) is -4.20. The number of carbonyl (C=O) groups is 2. The molecule has 32 heavy (non-hydrogen) atoms. The maximum absolute atomic E-state index is 13.9. The van der Waals surface area contributed by atoms with Gasteiger partial charge in [0.15, 0.2) is 5.67 Å². The number of amides is 2. The summed E-state index contributed by atoms with van der Waals surface area (Å²) in [5, 5.41) is 13.5. The summed E-state index contributed by atoms with van der Waals surface area (Å²) in [4.78, 5) is 22.7. The lowest BCUT2D eigenvalue weighted by molar-refractivity contribution is -0.127. The molecule has 2 amide bonds. The predicted molar refractivity (Wildman–Crippen MR) is 110 cm³/mol. The summed E-state index contributed by atoms with van der Waals surface area (Å²) in [6.07, 6.45) is -1.91. The van der Waals surface area contributed by atoms with Gasteiger partial charge in [0.25, 0.3) is 15.9 Å². The van der Waals surface area contributed by atoms with Gasteiger partial charge in [-0.1, -0.05) is 0 Å². The van der Waals surface area contributed by atoms with Gasteiger partial charge in [-0.15, -0.1) is 0 Å². The molecular weight excluding hydrogens is 448 g/mol. The maximum atomic E-state index is 13.9. The summed E-state index contributed by atoms with van der Waals surface area (Å²) in [5.74, 6) is -1.26.